The van der Waals surface area contributed by atoms with Crippen molar-refractivity contribution in [2.45, 2.75) is 13.0 Å². The minimum absolute atomic E-state index is 0.173. The summed E-state index contributed by atoms with van der Waals surface area (Å²) in [6, 6.07) is 13.1. The Balaban J connectivity index is 2.03. The molecule has 6 heteroatoms. The van der Waals surface area contributed by atoms with E-state index >= 15 is 0 Å². The van der Waals surface area contributed by atoms with Crippen molar-refractivity contribution < 1.29 is 14.7 Å². The van der Waals surface area contributed by atoms with Gasteiger partial charge in [-0.1, -0.05) is 23.7 Å². The number of aliphatic hydroxyl groups is 1. The molecule has 0 spiro atoms. The smallest absolute Gasteiger partial charge is 0.257 e. The fourth-order valence-corrected chi connectivity index (χ4v) is 2.08. The Morgan fingerprint density at radius 1 is 1.05 bits per heavy atom. The molecule has 0 aromatic heterocycles. The van der Waals surface area contributed by atoms with Crippen LogP contribution in [0, 0.1) is 0 Å². The number of carbonyl (C=O) groups excluding carboxylic acids is 2. The van der Waals surface area contributed by atoms with Gasteiger partial charge in [-0.3, -0.25) is 9.59 Å². The monoisotopic (exact) mass is 318 g/mol. The van der Waals surface area contributed by atoms with Gasteiger partial charge < -0.3 is 15.7 Å². The number of amides is 2. The van der Waals surface area contributed by atoms with Crippen LogP contribution in [0.3, 0.4) is 0 Å². The van der Waals surface area contributed by atoms with E-state index in [0.717, 1.165) is 0 Å². The van der Waals surface area contributed by atoms with E-state index in [1.165, 1.54) is 13.0 Å². The molecule has 1 unspecified atom stereocenters. The fraction of sp³-hybridized carbons (Fsp3) is 0.125. The molecule has 2 rings (SSSR count). The van der Waals surface area contributed by atoms with Crippen LogP contribution in [0.15, 0.2) is 48.5 Å². The third kappa shape index (κ3) is 4.31. The first kappa shape index (κ1) is 16.0. The third-order valence-corrected chi connectivity index (χ3v) is 3.12. The van der Waals surface area contributed by atoms with Crippen molar-refractivity contribution in [1.29, 1.82) is 0 Å². The third-order valence-electron chi connectivity index (χ3n) is 2.89. The molecule has 114 valence electrons. The van der Waals surface area contributed by atoms with Crippen molar-refractivity contribution in [1.82, 2.24) is 0 Å². The molecule has 0 bridgehead atoms. The maximum absolute atomic E-state index is 12.0. The predicted octanol–water partition coefficient (Wildman–Crippen LogP) is 2.97. The molecule has 0 heterocycles. The van der Waals surface area contributed by atoms with Crippen LogP contribution in [0.1, 0.15) is 18.6 Å². The summed E-state index contributed by atoms with van der Waals surface area (Å²) >= 11 is 5.84. The van der Waals surface area contributed by atoms with Gasteiger partial charge in [-0.15, -0.1) is 0 Å². The number of rotatable bonds is 4. The lowest BCUT2D eigenvalue weighted by Crippen LogP contribution is -2.20. The molecule has 1 atom stereocenters. The van der Waals surface area contributed by atoms with Crippen LogP contribution >= 0.6 is 11.6 Å². The van der Waals surface area contributed by atoms with E-state index in [0.29, 0.717) is 22.0 Å². The summed E-state index contributed by atoms with van der Waals surface area (Å²) in [5.74, 6) is -0.734. The van der Waals surface area contributed by atoms with Crippen molar-refractivity contribution in [3.8, 4) is 0 Å². The standard InChI is InChI=1S/C16H15ClN2O3/c1-10(20)18-13-5-7-14(8-6-13)19-16(22)15(21)11-3-2-4-12(17)9-11/h2-9,15,21H,1H3,(H,18,20)(H,19,22). The van der Waals surface area contributed by atoms with Crippen molar-refractivity contribution in [2.75, 3.05) is 10.6 Å². The van der Waals surface area contributed by atoms with Crippen molar-refractivity contribution in [3.63, 3.8) is 0 Å². The normalized spacial score (nSPS) is 11.6. The van der Waals surface area contributed by atoms with Gasteiger partial charge in [0, 0.05) is 23.3 Å². The van der Waals surface area contributed by atoms with E-state index in [4.69, 9.17) is 11.6 Å². The van der Waals surface area contributed by atoms with Crippen LogP contribution in [0.2, 0.25) is 5.02 Å². The molecule has 3 N–H and O–H groups in total. The largest absolute Gasteiger partial charge is 0.378 e. The lowest BCUT2D eigenvalue weighted by atomic mass is 10.1. The molecule has 0 aliphatic carbocycles. The van der Waals surface area contributed by atoms with Crippen LogP contribution in [0.25, 0.3) is 0 Å². The highest BCUT2D eigenvalue weighted by molar-refractivity contribution is 6.30. The molecule has 0 saturated heterocycles. The highest BCUT2D eigenvalue weighted by Gasteiger charge is 2.17. The van der Waals surface area contributed by atoms with Gasteiger partial charge in [-0.25, -0.2) is 0 Å². The van der Waals surface area contributed by atoms with Crippen LogP contribution < -0.4 is 10.6 Å². The molecule has 2 aromatic rings. The van der Waals surface area contributed by atoms with E-state index in [1.54, 1.807) is 42.5 Å². The Labute approximate surface area is 132 Å². The molecule has 5 nitrogen and oxygen atoms in total. The Kier molecular flexibility index (Phi) is 5.14. The summed E-state index contributed by atoms with van der Waals surface area (Å²) in [7, 11) is 0. The quantitative estimate of drug-likeness (QED) is 0.811. The second-order valence-corrected chi connectivity index (χ2v) is 5.14. The zero-order valence-corrected chi connectivity index (χ0v) is 12.6. The lowest BCUT2D eigenvalue weighted by Gasteiger charge is -2.12. The maximum Gasteiger partial charge on any atom is 0.257 e. The molecule has 22 heavy (non-hydrogen) atoms. The first-order valence-corrected chi connectivity index (χ1v) is 6.95. The number of anilines is 2. The summed E-state index contributed by atoms with van der Waals surface area (Å²) in [4.78, 5) is 22.9. The van der Waals surface area contributed by atoms with E-state index in [2.05, 4.69) is 10.6 Å². The van der Waals surface area contributed by atoms with E-state index in [-0.39, 0.29) is 5.91 Å². The first-order chi connectivity index (χ1) is 10.5. The summed E-state index contributed by atoms with van der Waals surface area (Å²) in [6.45, 7) is 1.41. The maximum atomic E-state index is 12.0. The zero-order valence-electron chi connectivity index (χ0n) is 11.8. The van der Waals surface area contributed by atoms with E-state index in [1.807, 2.05) is 0 Å². The number of hydrogen-bond acceptors (Lipinski definition) is 3. The average Bonchev–Trinajstić information content (AvgIpc) is 2.48. The van der Waals surface area contributed by atoms with Gasteiger partial charge in [0.15, 0.2) is 6.10 Å². The van der Waals surface area contributed by atoms with Crippen molar-refractivity contribution >= 4 is 34.8 Å². The summed E-state index contributed by atoms with van der Waals surface area (Å²) < 4.78 is 0. The minimum atomic E-state index is -1.31. The minimum Gasteiger partial charge on any atom is -0.378 e. The number of carbonyl (C=O) groups is 2. The fourth-order valence-electron chi connectivity index (χ4n) is 1.88. The second kappa shape index (κ2) is 7.06. The number of aliphatic hydroxyl groups excluding tert-OH is 1. The number of nitrogens with one attached hydrogen (secondary N) is 2. The van der Waals surface area contributed by atoms with Crippen LogP contribution in [-0.4, -0.2) is 16.9 Å². The second-order valence-electron chi connectivity index (χ2n) is 4.71. The molecule has 0 radical (unpaired) electrons. The highest BCUT2D eigenvalue weighted by Crippen LogP contribution is 2.20. The van der Waals surface area contributed by atoms with Crippen molar-refractivity contribution in [2.24, 2.45) is 0 Å². The molecule has 0 aliphatic rings. The summed E-state index contributed by atoms with van der Waals surface area (Å²) in [5.41, 5.74) is 1.56. The summed E-state index contributed by atoms with van der Waals surface area (Å²) in [6.07, 6.45) is -1.31. The Bertz CT molecular complexity index is 686. The molecular formula is C16H15ClN2O3. The van der Waals surface area contributed by atoms with Crippen LogP contribution in [-0.2, 0) is 9.59 Å². The average molecular weight is 319 g/mol. The van der Waals surface area contributed by atoms with Gasteiger partial charge >= 0.3 is 0 Å². The SMILES string of the molecule is CC(=O)Nc1ccc(NC(=O)C(O)c2cccc(Cl)c2)cc1. The van der Waals surface area contributed by atoms with Crippen LogP contribution in [0.4, 0.5) is 11.4 Å². The van der Waals surface area contributed by atoms with Crippen LogP contribution in [0.5, 0.6) is 0 Å². The number of benzene rings is 2. The van der Waals surface area contributed by atoms with E-state index < -0.39 is 12.0 Å². The van der Waals surface area contributed by atoms with Gasteiger partial charge in [0.2, 0.25) is 5.91 Å². The predicted molar refractivity (Wildman–Crippen MR) is 85.8 cm³/mol. The van der Waals surface area contributed by atoms with Crippen molar-refractivity contribution in [3.05, 3.63) is 59.1 Å². The molecule has 2 aromatic carbocycles. The molecule has 2 amide bonds. The Hall–Kier alpha value is -2.37. The molecule has 0 fully saturated rings. The number of halogens is 1. The van der Waals surface area contributed by atoms with Gasteiger partial charge in [0.05, 0.1) is 0 Å². The zero-order chi connectivity index (χ0) is 16.1. The first-order valence-electron chi connectivity index (χ1n) is 6.58. The Morgan fingerprint density at radius 3 is 2.18 bits per heavy atom. The van der Waals surface area contributed by atoms with Gasteiger partial charge in [0.1, 0.15) is 0 Å². The summed E-state index contributed by atoms with van der Waals surface area (Å²) in [5, 5.41) is 15.7. The van der Waals surface area contributed by atoms with E-state index in [9.17, 15) is 14.7 Å². The lowest BCUT2D eigenvalue weighted by molar-refractivity contribution is -0.124. The van der Waals surface area contributed by atoms with Gasteiger partial charge in [-0.05, 0) is 42.0 Å². The number of hydrogen-bond donors (Lipinski definition) is 3. The van der Waals surface area contributed by atoms with Gasteiger partial charge in [-0.2, -0.15) is 0 Å². The molecule has 0 aliphatic heterocycles. The highest BCUT2D eigenvalue weighted by atomic mass is 35.5. The van der Waals surface area contributed by atoms with Gasteiger partial charge in [0.25, 0.3) is 5.91 Å². The topological polar surface area (TPSA) is 78.4 Å². The molecule has 0 saturated carbocycles. The molecular weight excluding hydrogens is 304 g/mol. The Morgan fingerprint density at radius 2 is 1.64 bits per heavy atom.